The Morgan fingerprint density at radius 1 is 1.23 bits per heavy atom. The maximum absolute atomic E-state index is 12.1. The zero-order chi connectivity index (χ0) is 19.3. The molecule has 0 aliphatic carbocycles. The molecule has 26 heavy (non-hydrogen) atoms. The molecule has 3 aliphatic rings. The van der Waals surface area contributed by atoms with Gasteiger partial charge in [-0.3, -0.25) is 0 Å². The van der Waals surface area contributed by atoms with E-state index in [2.05, 4.69) is 6.92 Å². The van der Waals surface area contributed by atoms with Crippen LogP contribution in [0, 0.1) is 5.92 Å². The second kappa shape index (κ2) is 6.75. The zero-order valence-corrected chi connectivity index (χ0v) is 16.0. The van der Waals surface area contributed by atoms with E-state index in [0.717, 1.165) is 24.8 Å². The number of fused-ring (bicyclic) bond motifs is 3. The minimum absolute atomic E-state index is 0.0201. The molecular weight excluding hydrogens is 336 g/mol. The first-order valence-electron chi connectivity index (χ1n) is 9.44. The van der Waals surface area contributed by atoms with Crippen LogP contribution in [0.15, 0.2) is 22.8 Å². The fourth-order valence-electron chi connectivity index (χ4n) is 4.50. The summed E-state index contributed by atoms with van der Waals surface area (Å²) in [6.45, 7) is 7.29. The van der Waals surface area contributed by atoms with E-state index in [-0.39, 0.29) is 23.7 Å². The first kappa shape index (κ1) is 19.5. The SMILES string of the molecule is CC1=C2[C@H](O)[C@@H](O)[C@]3(C)CC[C@@H](O3)[C@@H](C)CC/C=C(\C)C[C@@]2(O)OC1=O. The van der Waals surface area contributed by atoms with Gasteiger partial charge in [-0.15, -0.1) is 0 Å². The van der Waals surface area contributed by atoms with E-state index >= 15 is 0 Å². The monoisotopic (exact) mass is 366 g/mol. The number of aliphatic hydroxyl groups is 3. The van der Waals surface area contributed by atoms with E-state index in [4.69, 9.17) is 9.47 Å². The van der Waals surface area contributed by atoms with Crippen molar-refractivity contribution in [3.63, 3.8) is 0 Å². The number of esters is 1. The maximum Gasteiger partial charge on any atom is 0.336 e. The number of ether oxygens (including phenoxy) is 2. The second-order valence-corrected chi connectivity index (χ2v) is 8.39. The largest absolute Gasteiger partial charge is 0.425 e. The summed E-state index contributed by atoms with van der Waals surface area (Å²) in [6.07, 6.45) is 2.58. The van der Waals surface area contributed by atoms with E-state index in [0.29, 0.717) is 12.3 Å². The van der Waals surface area contributed by atoms with E-state index in [9.17, 15) is 20.1 Å². The summed E-state index contributed by atoms with van der Waals surface area (Å²) >= 11 is 0. The topological polar surface area (TPSA) is 96.2 Å². The Labute approximate surface area is 154 Å². The highest BCUT2D eigenvalue weighted by Gasteiger charge is 2.54. The van der Waals surface area contributed by atoms with Crippen LogP contribution in [0.2, 0.25) is 0 Å². The molecule has 2 bridgehead atoms. The van der Waals surface area contributed by atoms with E-state index < -0.39 is 29.6 Å². The Balaban J connectivity index is 2.03. The quantitative estimate of drug-likeness (QED) is 0.448. The van der Waals surface area contributed by atoms with Crippen LogP contribution in [0.3, 0.4) is 0 Å². The van der Waals surface area contributed by atoms with Gasteiger partial charge < -0.3 is 24.8 Å². The number of aliphatic hydroxyl groups excluding tert-OH is 2. The van der Waals surface area contributed by atoms with Gasteiger partial charge in [-0.1, -0.05) is 18.6 Å². The summed E-state index contributed by atoms with van der Waals surface area (Å²) in [7, 11) is 0. The Morgan fingerprint density at radius 2 is 1.92 bits per heavy atom. The molecule has 1 saturated heterocycles. The summed E-state index contributed by atoms with van der Waals surface area (Å²) in [5, 5.41) is 32.8. The number of hydrogen-bond donors (Lipinski definition) is 3. The highest BCUT2D eigenvalue weighted by atomic mass is 16.7. The van der Waals surface area contributed by atoms with Gasteiger partial charge in [0.25, 0.3) is 0 Å². The molecule has 6 atom stereocenters. The van der Waals surface area contributed by atoms with Crippen molar-refractivity contribution in [1.82, 2.24) is 0 Å². The summed E-state index contributed by atoms with van der Waals surface area (Å²) in [5.41, 5.74) is 0.129. The van der Waals surface area contributed by atoms with Gasteiger partial charge in [0.15, 0.2) is 0 Å². The van der Waals surface area contributed by atoms with Crippen LogP contribution in [0.25, 0.3) is 0 Å². The van der Waals surface area contributed by atoms with Crippen LogP contribution < -0.4 is 0 Å². The summed E-state index contributed by atoms with van der Waals surface area (Å²) in [5.74, 6) is -2.28. The highest BCUT2D eigenvalue weighted by molar-refractivity contribution is 5.92. The van der Waals surface area contributed by atoms with Crippen molar-refractivity contribution in [3.05, 3.63) is 22.8 Å². The Hall–Kier alpha value is -1.21. The lowest BCUT2D eigenvalue weighted by Gasteiger charge is -2.37. The third kappa shape index (κ3) is 3.24. The molecule has 146 valence electrons. The van der Waals surface area contributed by atoms with Gasteiger partial charge in [0, 0.05) is 17.6 Å². The van der Waals surface area contributed by atoms with Crippen LogP contribution in [-0.2, 0) is 14.3 Å². The minimum atomic E-state index is -1.93. The Morgan fingerprint density at radius 3 is 2.62 bits per heavy atom. The van der Waals surface area contributed by atoms with Gasteiger partial charge in [0.2, 0.25) is 5.79 Å². The average Bonchev–Trinajstić information content (AvgIpc) is 3.05. The first-order chi connectivity index (χ1) is 12.1. The number of allylic oxidation sites excluding steroid dienone is 1. The van der Waals surface area contributed by atoms with Crippen LogP contribution in [-0.4, -0.2) is 51.0 Å². The van der Waals surface area contributed by atoms with E-state index in [1.807, 2.05) is 13.0 Å². The lowest BCUT2D eigenvalue weighted by molar-refractivity contribution is -0.190. The van der Waals surface area contributed by atoms with E-state index in [1.54, 1.807) is 6.92 Å². The molecule has 0 aromatic carbocycles. The molecule has 0 unspecified atom stereocenters. The average molecular weight is 366 g/mol. The maximum atomic E-state index is 12.1. The van der Waals surface area contributed by atoms with Gasteiger partial charge in [-0.25, -0.2) is 4.79 Å². The fraction of sp³-hybridized carbons (Fsp3) is 0.750. The lowest BCUT2D eigenvalue weighted by Crippen LogP contribution is -2.51. The lowest BCUT2D eigenvalue weighted by atomic mass is 9.83. The Bertz CT molecular complexity index is 653. The van der Waals surface area contributed by atoms with Crippen molar-refractivity contribution >= 4 is 5.97 Å². The predicted molar refractivity (Wildman–Crippen MR) is 95.0 cm³/mol. The van der Waals surface area contributed by atoms with Gasteiger partial charge in [-0.05, 0) is 52.4 Å². The number of carbonyl (C=O) groups is 1. The summed E-state index contributed by atoms with van der Waals surface area (Å²) in [6, 6.07) is 0. The van der Waals surface area contributed by atoms with Crippen molar-refractivity contribution in [2.45, 2.75) is 89.5 Å². The van der Waals surface area contributed by atoms with E-state index in [1.165, 1.54) is 6.92 Å². The molecule has 3 rings (SSSR count). The van der Waals surface area contributed by atoms with Crippen molar-refractivity contribution in [2.75, 3.05) is 0 Å². The molecule has 3 heterocycles. The molecule has 3 N–H and O–H groups in total. The van der Waals surface area contributed by atoms with Crippen molar-refractivity contribution < 1.29 is 29.6 Å². The van der Waals surface area contributed by atoms with Gasteiger partial charge >= 0.3 is 5.97 Å². The second-order valence-electron chi connectivity index (χ2n) is 8.39. The molecular formula is C20H30O6. The molecule has 0 radical (unpaired) electrons. The van der Waals surface area contributed by atoms with Gasteiger partial charge in [0.05, 0.1) is 11.7 Å². The van der Waals surface area contributed by atoms with Crippen molar-refractivity contribution in [2.24, 2.45) is 5.92 Å². The smallest absolute Gasteiger partial charge is 0.336 e. The highest BCUT2D eigenvalue weighted by Crippen LogP contribution is 2.44. The molecule has 6 heteroatoms. The standard InChI is InChI=1S/C20H30O6/c1-11-6-5-7-12(2)14-8-9-19(4,25-14)17(22)16(21)15-13(3)18(23)26-20(15,24)10-11/h6,12,14,16-17,21-22,24H,5,7-10H2,1-4H3/b11-6+/t12-,14+,16-,17+,19-,20+/m0/s1. The third-order valence-electron chi connectivity index (χ3n) is 6.23. The van der Waals surface area contributed by atoms with Gasteiger partial charge in [0.1, 0.15) is 12.2 Å². The van der Waals surface area contributed by atoms with Crippen molar-refractivity contribution in [1.29, 1.82) is 0 Å². The summed E-state index contributed by atoms with van der Waals surface area (Å²) in [4.78, 5) is 12.1. The summed E-state index contributed by atoms with van der Waals surface area (Å²) < 4.78 is 11.4. The predicted octanol–water partition coefficient (Wildman–Crippen LogP) is 1.97. The fourth-order valence-corrected chi connectivity index (χ4v) is 4.50. The molecule has 3 aliphatic heterocycles. The van der Waals surface area contributed by atoms with Crippen LogP contribution in [0.5, 0.6) is 0 Å². The third-order valence-corrected chi connectivity index (χ3v) is 6.23. The zero-order valence-electron chi connectivity index (χ0n) is 16.0. The molecule has 0 aromatic rings. The number of rotatable bonds is 0. The molecule has 6 nitrogen and oxygen atoms in total. The number of hydrogen-bond acceptors (Lipinski definition) is 6. The Kier molecular flexibility index (Phi) is 5.07. The van der Waals surface area contributed by atoms with Crippen LogP contribution in [0.4, 0.5) is 0 Å². The van der Waals surface area contributed by atoms with Crippen LogP contribution in [0.1, 0.15) is 59.8 Å². The van der Waals surface area contributed by atoms with Crippen LogP contribution >= 0.6 is 0 Å². The molecule has 0 aromatic heterocycles. The number of carbonyl (C=O) groups excluding carboxylic acids is 1. The molecule has 0 saturated carbocycles. The molecule has 0 amide bonds. The normalized spacial score (nSPS) is 46.6. The molecule has 0 spiro atoms. The molecule has 1 fully saturated rings. The minimum Gasteiger partial charge on any atom is -0.425 e. The first-order valence-corrected chi connectivity index (χ1v) is 9.44. The van der Waals surface area contributed by atoms with Crippen molar-refractivity contribution in [3.8, 4) is 0 Å². The van der Waals surface area contributed by atoms with Gasteiger partial charge in [-0.2, -0.15) is 0 Å².